The molecule has 3 rings (SSSR count). The fraction of sp³-hybridized carbons (Fsp3) is 0.176. The summed E-state index contributed by atoms with van der Waals surface area (Å²) in [6.07, 6.45) is 1.67. The van der Waals surface area contributed by atoms with Crippen LogP contribution in [-0.2, 0) is 11.3 Å². The maximum Gasteiger partial charge on any atom is 0.260 e. The molecule has 0 aliphatic heterocycles. The van der Waals surface area contributed by atoms with E-state index in [1.54, 1.807) is 41.6 Å². The second-order valence-electron chi connectivity index (χ2n) is 5.21. The van der Waals surface area contributed by atoms with Crippen LogP contribution in [0.15, 0.2) is 46.4 Å². The summed E-state index contributed by atoms with van der Waals surface area (Å²) in [6, 6.07) is 9.18. The minimum Gasteiger partial charge on any atom is -0.481 e. The highest BCUT2D eigenvalue weighted by Crippen LogP contribution is 2.29. The Kier molecular flexibility index (Phi) is 5.38. The van der Waals surface area contributed by atoms with Crippen LogP contribution in [0.4, 0.5) is 0 Å². The van der Waals surface area contributed by atoms with Gasteiger partial charge in [0, 0.05) is 33.4 Å². The van der Waals surface area contributed by atoms with Gasteiger partial charge in [-0.25, -0.2) is 0 Å². The molecule has 0 fully saturated rings. The Hall–Kier alpha value is -1.63. The largest absolute Gasteiger partial charge is 0.481 e. The van der Waals surface area contributed by atoms with Crippen LogP contribution < -0.4 is 4.74 Å². The summed E-state index contributed by atoms with van der Waals surface area (Å²) in [4.78, 5) is 19.3. The lowest BCUT2D eigenvalue weighted by molar-refractivity contribution is -0.132. The summed E-state index contributed by atoms with van der Waals surface area (Å²) in [7, 11) is 1.76. The Bertz CT molecular complexity index is 884. The predicted molar refractivity (Wildman–Crippen MR) is 101 cm³/mol. The number of nitrogens with zero attached hydrogens (tertiary/aromatic N) is 2. The second-order valence-corrected chi connectivity index (χ2v) is 7.53. The minimum atomic E-state index is -0.0986. The SMILES string of the molecule is CN(Cc1cc(Br)cs1)C(=O)COc1ccc(Cl)c2cccnc12. The average Bonchev–Trinajstić information content (AvgIpc) is 2.99. The average molecular weight is 426 g/mol. The van der Waals surface area contributed by atoms with Gasteiger partial charge in [0.15, 0.2) is 6.61 Å². The minimum absolute atomic E-state index is 0.0453. The van der Waals surface area contributed by atoms with E-state index in [1.807, 2.05) is 23.6 Å². The molecule has 24 heavy (non-hydrogen) atoms. The number of hydrogen-bond acceptors (Lipinski definition) is 4. The smallest absolute Gasteiger partial charge is 0.260 e. The van der Waals surface area contributed by atoms with Gasteiger partial charge in [-0.3, -0.25) is 9.78 Å². The van der Waals surface area contributed by atoms with Gasteiger partial charge in [0.2, 0.25) is 0 Å². The van der Waals surface area contributed by atoms with Crippen molar-refractivity contribution >= 4 is 55.7 Å². The number of fused-ring (bicyclic) bond motifs is 1. The molecule has 0 radical (unpaired) electrons. The number of likely N-dealkylation sites (N-methyl/N-ethyl adjacent to an activating group) is 1. The van der Waals surface area contributed by atoms with E-state index in [4.69, 9.17) is 16.3 Å². The van der Waals surface area contributed by atoms with Crippen molar-refractivity contribution in [2.45, 2.75) is 6.54 Å². The number of halogens is 2. The van der Waals surface area contributed by atoms with Gasteiger partial charge in [0.05, 0.1) is 11.6 Å². The maximum atomic E-state index is 12.3. The van der Waals surface area contributed by atoms with Gasteiger partial charge in [0.25, 0.3) is 5.91 Å². The van der Waals surface area contributed by atoms with Crippen LogP contribution in [0.1, 0.15) is 4.88 Å². The van der Waals surface area contributed by atoms with Crippen LogP contribution in [0.2, 0.25) is 5.02 Å². The molecule has 1 amide bonds. The first-order valence-corrected chi connectivity index (χ1v) is 9.22. The van der Waals surface area contributed by atoms with E-state index < -0.39 is 0 Å². The molecule has 0 N–H and O–H groups in total. The van der Waals surface area contributed by atoms with Gasteiger partial charge in [-0.15, -0.1) is 11.3 Å². The van der Waals surface area contributed by atoms with Crippen LogP contribution in [0, 0.1) is 0 Å². The Morgan fingerprint density at radius 1 is 1.42 bits per heavy atom. The van der Waals surface area contributed by atoms with Crippen LogP contribution in [0.3, 0.4) is 0 Å². The van der Waals surface area contributed by atoms with E-state index in [2.05, 4.69) is 20.9 Å². The lowest BCUT2D eigenvalue weighted by Crippen LogP contribution is -2.30. The Morgan fingerprint density at radius 2 is 2.25 bits per heavy atom. The lowest BCUT2D eigenvalue weighted by atomic mass is 10.2. The quantitative estimate of drug-likeness (QED) is 0.592. The van der Waals surface area contributed by atoms with Crippen molar-refractivity contribution < 1.29 is 9.53 Å². The van der Waals surface area contributed by atoms with Gasteiger partial charge < -0.3 is 9.64 Å². The molecule has 2 heterocycles. The topological polar surface area (TPSA) is 42.4 Å². The molecule has 4 nitrogen and oxygen atoms in total. The van der Waals surface area contributed by atoms with Crippen LogP contribution in [-0.4, -0.2) is 29.4 Å². The molecule has 0 spiro atoms. The number of ether oxygens (including phenoxy) is 1. The fourth-order valence-electron chi connectivity index (χ4n) is 2.24. The molecule has 3 aromatic rings. The normalized spacial score (nSPS) is 10.8. The molecule has 0 saturated heterocycles. The Labute approximate surface area is 157 Å². The first kappa shape index (κ1) is 17.2. The summed E-state index contributed by atoms with van der Waals surface area (Å²) in [5, 5.41) is 3.41. The summed E-state index contributed by atoms with van der Waals surface area (Å²) < 4.78 is 6.71. The molecule has 0 bridgehead atoms. The Morgan fingerprint density at radius 3 is 3.00 bits per heavy atom. The van der Waals surface area contributed by atoms with Gasteiger partial charge in [0.1, 0.15) is 11.3 Å². The third kappa shape index (κ3) is 3.88. The highest BCUT2D eigenvalue weighted by atomic mass is 79.9. The molecule has 0 aliphatic rings. The van der Waals surface area contributed by atoms with E-state index in [9.17, 15) is 4.79 Å². The number of rotatable bonds is 5. The van der Waals surface area contributed by atoms with E-state index in [0.717, 1.165) is 14.7 Å². The maximum absolute atomic E-state index is 12.3. The highest BCUT2D eigenvalue weighted by molar-refractivity contribution is 9.10. The van der Waals surface area contributed by atoms with E-state index in [0.29, 0.717) is 22.8 Å². The number of carbonyl (C=O) groups excluding carboxylic acids is 1. The molecule has 2 aromatic heterocycles. The predicted octanol–water partition coefficient (Wildman–Crippen LogP) is 4.75. The van der Waals surface area contributed by atoms with Crippen molar-refractivity contribution in [3.63, 3.8) is 0 Å². The van der Waals surface area contributed by atoms with Gasteiger partial charge in [-0.1, -0.05) is 11.6 Å². The molecule has 7 heteroatoms. The molecule has 124 valence electrons. The second kappa shape index (κ2) is 7.51. The fourth-order valence-corrected chi connectivity index (χ4v) is 3.96. The molecule has 1 aromatic carbocycles. The van der Waals surface area contributed by atoms with Crippen molar-refractivity contribution in [2.24, 2.45) is 0 Å². The van der Waals surface area contributed by atoms with Crippen molar-refractivity contribution in [1.82, 2.24) is 9.88 Å². The van der Waals surface area contributed by atoms with E-state index in [1.165, 1.54) is 0 Å². The number of aromatic nitrogens is 1. The van der Waals surface area contributed by atoms with Crippen LogP contribution in [0.25, 0.3) is 10.9 Å². The number of hydrogen-bond donors (Lipinski definition) is 0. The molecule has 0 aliphatic carbocycles. The zero-order chi connectivity index (χ0) is 17.1. The number of benzene rings is 1. The Balaban J connectivity index is 1.67. The zero-order valence-electron chi connectivity index (χ0n) is 12.8. The number of thiophene rings is 1. The van der Waals surface area contributed by atoms with Crippen molar-refractivity contribution in [2.75, 3.05) is 13.7 Å². The molecule has 0 unspecified atom stereocenters. The van der Waals surface area contributed by atoms with Crippen molar-refractivity contribution in [1.29, 1.82) is 0 Å². The summed E-state index contributed by atoms with van der Waals surface area (Å²) in [5.74, 6) is 0.453. The molecular weight excluding hydrogens is 412 g/mol. The van der Waals surface area contributed by atoms with Gasteiger partial charge in [-0.05, 0) is 46.3 Å². The summed E-state index contributed by atoms with van der Waals surface area (Å²) in [5.41, 5.74) is 0.655. The highest BCUT2D eigenvalue weighted by Gasteiger charge is 2.13. The third-order valence-electron chi connectivity index (χ3n) is 3.47. The first-order chi connectivity index (χ1) is 11.5. The molecule has 0 saturated carbocycles. The number of carbonyl (C=O) groups is 1. The van der Waals surface area contributed by atoms with Crippen LogP contribution >= 0.6 is 38.9 Å². The zero-order valence-corrected chi connectivity index (χ0v) is 16.0. The summed E-state index contributed by atoms with van der Waals surface area (Å²) in [6.45, 7) is 0.508. The van der Waals surface area contributed by atoms with Gasteiger partial charge >= 0.3 is 0 Å². The van der Waals surface area contributed by atoms with Gasteiger partial charge in [-0.2, -0.15) is 0 Å². The lowest BCUT2D eigenvalue weighted by Gasteiger charge is -2.17. The molecule has 0 atom stereocenters. The van der Waals surface area contributed by atoms with Crippen molar-refractivity contribution in [3.05, 3.63) is 56.3 Å². The number of amides is 1. The first-order valence-electron chi connectivity index (χ1n) is 7.17. The van der Waals surface area contributed by atoms with E-state index >= 15 is 0 Å². The van der Waals surface area contributed by atoms with Crippen LogP contribution in [0.5, 0.6) is 5.75 Å². The van der Waals surface area contributed by atoms with E-state index in [-0.39, 0.29) is 12.5 Å². The third-order valence-corrected chi connectivity index (χ3v) is 5.48. The standard InChI is InChI=1S/C17H14BrClN2O2S/c1-21(8-12-7-11(18)10-24-12)16(22)9-23-15-5-4-14(19)13-3-2-6-20-17(13)15/h2-7,10H,8-9H2,1H3. The monoisotopic (exact) mass is 424 g/mol. The molecular formula is C17H14BrClN2O2S. The number of pyridine rings is 1. The summed E-state index contributed by atoms with van der Waals surface area (Å²) >= 11 is 11.2. The van der Waals surface area contributed by atoms with Crippen molar-refractivity contribution in [3.8, 4) is 5.75 Å².